The molecule has 0 saturated carbocycles. The minimum atomic E-state index is -0.404. The Hall–Kier alpha value is -3.22. The Labute approximate surface area is 215 Å². The average Bonchev–Trinajstić information content (AvgIpc) is 3.25. The number of aromatic nitrogens is 2. The number of anilines is 1. The molecule has 1 unspecified atom stereocenters. The number of imidazole rings is 1. The van der Waals surface area contributed by atoms with Crippen LogP contribution in [0.2, 0.25) is 5.02 Å². The highest BCUT2D eigenvalue weighted by atomic mass is 35.5. The summed E-state index contributed by atoms with van der Waals surface area (Å²) in [4.78, 5) is 21.4. The molecule has 1 heterocycles. The van der Waals surface area contributed by atoms with E-state index in [1.54, 1.807) is 13.2 Å². The molecule has 0 aliphatic carbocycles. The van der Waals surface area contributed by atoms with Crippen LogP contribution in [0.4, 0.5) is 5.69 Å². The van der Waals surface area contributed by atoms with E-state index in [1.807, 2.05) is 19.9 Å². The number of H-pyrrole nitrogens is 1. The van der Waals surface area contributed by atoms with Crippen molar-refractivity contribution in [3.63, 3.8) is 0 Å². The van der Waals surface area contributed by atoms with Gasteiger partial charge in [0, 0.05) is 22.2 Å². The van der Waals surface area contributed by atoms with Gasteiger partial charge in [-0.15, -0.1) is 0 Å². The second-order valence-electron chi connectivity index (χ2n) is 8.55. The highest BCUT2D eigenvalue weighted by Gasteiger charge is 2.21. The number of rotatable bonds is 7. The van der Waals surface area contributed by atoms with Gasteiger partial charge in [0.05, 0.1) is 29.4 Å². The van der Waals surface area contributed by atoms with E-state index >= 15 is 0 Å². The van der Waals surface area contributed by atoms with Gasteiger partial charge in [-0.3, -0.25) is 4.79 Å². The average molecular weight is 506 g/mol. The third-order valence-corrected chi connectivity index (χ3v) is 7.14. The molecule has 0 aliphatic rings. The number of aromatic amines is 1. The molecule has 5 nitrogen and oxygen atoms in total. The van der Waals surface area contributed by atoms with Crippen molar-refractivity contribution in [3.8, 4) is 28.3 Å². The first-order valence-electron chi connectivity index (χ1n) is 11.3. The predicted octanol–water partition coefficient (Wildman–Crippen LogP) is 7.45. The second kappa shape index (κ2) is 10.6. The van der Waals surface area contributed by atoms with Gasteiger partial charge in [-0.1, -0.05) is 83.0 Å². The molecule has 2 N–H and O–H groups in total. The Balaban J connectivity index is 1.61. The molecule has 1 amide bonds. The Kier molecular flexibility index (Phi) is 7.53. The lowest BCUT2D eigenvalue weighted by Gasteiger charge is -2.14. The van der Waals surface area contributed by atoms with E-state index in [2.05, 4.69) is 72.7 Å². The van der Waals surface area contributed by atoms with Crippen LogP contribution in [-0.4, -0.2) is 28.2 Å². The standard InChI is InChI=1S/C28H28ClN3O2S/c1-16-6-10-20(11-7-16)25-26(21-12-8-17(2)9-13-21)32-28(31-25)35-19(4)27(33)30-23-14-18(3)22(29)15-24(23)34-5/h6-15,19H,1-5H3,(H,30,33)(H,31,32). The lowest BCUT2D eigenvalue weighted by Crippen LogP contribution is -2.23. The smallest absolute Gasteiger partial charge is 0.237 e. The first-order valence-corrected chi connectivity index (χ1v) is 12.6. The summed E-state index contributed by atoms with van der Waals surface area (Å²) in [5.41, 5.74) is 7.69. The number of amides is 1. The van der Waals surface area contributed by atoms with Crippen molar-refractivity contribution in [1.82, 2.24) is 9.97 Å². The van der Waals surface area contributed by atoms with Crippen LogP contribution in [0.15, 0.2) is 65.8 Å². The lowest BCUT2D eigenvalue weighted by molar-refractivity contribution is -0.115. The maximum atomic E-state index is 13.0. The lowest BCUT2D eigenvalue weighted by atomic mass is 10.0. The van der Waals surface area contributed by atoms with Crippen molar-refractivity contribution in [2.75, 3.05) is 12.4 Å². The minimum absolute atomic E-state index is 0.153. The summed E-state index contributed by atoms with van der Waals surface area (Å²) in [5.74, 6) is 0.368. The zero-order chi connectivity index (χ0) is 25.1. The van der Waals surface area contributed by atoms with Crippen molar-refractivity contribution >= 4 is 35.0 Å². The molecule has 0 fully saturated rings. The zero-order valence-electron chi connectivity index (χ0n) is 20.4. The quantitative estimate of drug-likeness (QED) is 0.256. The SMILES string of the molecule is COc1cc(Cl)c(C)cc1NC(=O)C(C)Sc1nc(-c2ccc(C)cc2)c(-c2ccc(C)cc2)[nH]1. The fourth-order valence-corrected chi connectivity index (χ4v) is 4.60. The van der Waals surface area contributed by atoms with Crippen molar-refractivity contribution in [2.45, 2.75) is 38.1 Å². The number of nitrogens with one attached hydrogen (secondary N) is 2. The van der Waals surface area contributed by atoms with Gasteiger partial charge >= 0.3 is 0 Å². The molecular formula is C28H28ClN3O2S. The van der Waals surface area contributed by atoms with Crippen LogP contribution >= 0.6 is 23.4 Å². The first-order chi connectivity index (χ1) is 16.7. The summed E-state index contributed by atoms with van der Waals surface area (Å²) in [5, 5.41) is 3.82. The summed E-state index contributed by atoms with van der Waals surface area (Å²) in [7, 11) is 1.55. The Morgan fingerprint density at radius 3 is 2.20 bits per heavy atom. The fourth-order valence-electron chi connectivity index (χ4n) is 3.64. The molecule has 35 heavy (non-hydrogen) atoms. The van der Waals surface area contributed by atoms with Gasteiger partial charge in [0.15, 0.2) is 5.16 Å². The number of hydrogen-bond acceptors (Lipinski definition) is 4. The summed E-state index contributed by atoms with van der Waals surface area (Å²) in [6, 6.07) is 20.2. The molecule has 3 aromatic carbocycles. The normalized spacial score (nSPS) is 11.8. The van der Waals surface area contributed by atoms with Crippen molar-refractivity contribution < 1.29 is 9.53 Å². The number of ether oxygens (including phenoxy) is 1. The van der Waals surface area contributed by atoms with E-state index in [9.17, 15) is 4.79 Å². The van der Waals surface area contributed by atoms with Crippen LogP contribution in [0.5, 0.6) is 5.75 Å². The zero-order valence-corrected chi connectivity index (χ0v) is 22.0. The van der Waals surface area contributed by atoms with E-state index in [0.29, 0.717) is 21.6 Å². The van der Waals surface area contributed by atoms with Gasteiger partial charge in [0.2, 0.25) is 5.91 Å². The highest BCUT2D eigenvalue weighted by molar-refractivity contribution is 8.00. The number of nitrogens with zero attached hydrogens (tertiary/aromatic N) is 1. The topological polar surface area (TPSA) is 67.0 Å². The van der Waals surface area contributed by atoms with E-state index < -0.39 is 5.25 Å². The Bertz CT molecular complexity index is 1290. The van der Waals surface area contributed by atoms with Gasteiger partial charge in [-0.2, -0.15) is 0 Å². The van der Waals surface area contributed by atoms with Crippen molar-refractivity contribution in [2.24, 2.45) is 0 Å². The Morgan fingerprint density at radius 1 is 1.00 bits per heavy atom. The second-order valence-corrected chi connectivity index (χ2v) is 10.3. The van der Waals surface area contributed by atoms with Gasteiger partial charge in [0.25, 0.3) is 0 Å². The highest BCUT2D eigenvalue weighted by Crippen LogP contribution is 2.35. The number of halogens is 1. The maximum absolute atomic E-state index is 13.0. The summed E-state index contributed by atoms with van der Waals surface area (Å²) >= 11 is 7.57. The van der Waals surface area contributed by atoms with Crippen LogP contribution in [0.1, 0.15) is 23.6 Å². The van der Waals surface area contributed by atoms with Crippen LogP contribution in [0.25, 0.3) is 22.5 Å². The summed E-state index contributed by atoms with van der Waals surface area (Å²) in [6.45, 7) is 7.87. The monoisotopic (exact) mass is 505 g/mol. The van der Waals surface area contributed by atoms with Gasteiger partial charge in [-0.25, -0.2) is 4.98 Å². The molecule has 0 radical (unpaired) electrons. The van der Waals surface area contributed by atoms with Crippen molar-refractivity contribution in [1.29, 1.82) is 0 Å². The third kappa shape index (κ3) is 5.72. The van der Waals surface area contributed by atoms with E-state index in [1.165, 1.54) is 22.9 Å². The third-order valence-electron chi connectivity index (χ3n) is 5.74. The molecular weight excluding hydrogens is 478 g/mol. The van der Waals surface area contributed by atoms with Crippen LogP contribution in [0, 0.1) is 20.8 Å². The minimum Gasteiger partial charge on any atom is -0.495 e. The number of aryl methyl sites for hydroxylation is 3. The number of hydrogen-bond donors (Lipinski definition) is 2. The maximum Gasteiger partial charge on any atom is 0.237 e. The van der Waals surface area contributed by atoms with Crippen LogP contribution in [0.3, 0.4) is 0 Å². The van der Waals surface area contributed by atoms with E-state index in [4.69, 9.17) is 21.3 Å². The molecule has 0 bridgehead atoms. The molecule has 180 valence electrons. The largest absolute Gasteiger partial charge is 0.495 e. The number of methoxy groups -OCH3 is 1. The van der Waals surface area contributed by atoms with Crippen LogP contribution in [-0.2, 0) is 4.79 Å². The van der Waals surface area contributed by atoms with E-state index in [0.717, 1.165) is 28.1 Å². The number of carbonyl (C=O) groups excluding carboxylic acids is 1. The number of carbonyl (C=O) groups is 1. The summed E-state index contributed by atoms with van der Waals surface area (Å²) < 4.78 is 5.39. The molecule has 1 aromatic heterocycles. The Morgan fingerprint density at radius 2 is 1.60 bits per heavy atom. The molecule has 0 saturated heterocycles. The fraction of sp³-hybridized carbons (Fsp3) is 0.214. The number of benzene rings is 3. The van der Waals surface area contributed by atoms with Gasteiger partial charge < -0.3 is 15.0 Å². The molecule has 4 aromatic rings. The van der Waals surface area contributed by atoms with E-state index in [-0.39, 0.29) is 5.91 Å². The molecule has 0 aliphatic heterocycles. The first kappa shape index (κ1) is 24.9. The van der Waals surface area contributed by atoms with Gasteiger partial charge in [-0.05, 0) is 39.3 Å². The van der Waals surface area contributed by atoms with Crippen LogP contribution < -0.4 is 10.1 Å². The molecule has 0 spiro atoms. The molecule has 1 atom stereocenters. The number of thioether (sulfide) groups is 1. The molecule has 4 rings (SSSR count). The summed E-state index contributed by atoms with van der Waals surface area (Å²) in [6.07, 6.45) is 0. The molecule has 7 heteroatoms. The van der Waals surface area contributed by atoms with Gasteiger partial charge in [0.1, 0.15) is 5.75 Å². The van der Waals surface area contributed by atoms with Crippen molar-refractivity contribution in [3.05, 3.63) is 82.4 Å². The predicted molar refractivity (Wildman–Crippen MR) is 146 cm³/mol.